The van der Waals surface area contributed by atoms with Gasteiger partial charge in [0.05, 0.1) is 35.0 Å². The topological polar surface area (TPSA) is 119 Å². The molecule has 10 nitrogen and oxygen atoms in total. The van der Waals surface area contributed by atoms with Crippen molar-refractivity contribution in [1.82, 2.24) is 24.8 Å². The molecule has 5 heterocycles. The van der Waals surface area contributed by atoms with Crippen LogP contribution in [0, 0.1) is 35.3 Å². The molecular weight excluding hydrogens is 611 g/mol. The zero-order valence-electron chi connectivity index (χ0n) is 25.3. The van der Waals surface area contributed by atoms with Gasteiger partial charge in [0.2, 0.25) is 0 Å². The predicted molar refractivity (Wildman–Crippen MR) is 168 cm³/mol. The molecule has 47 heavy (non-hydrogen) atoms. The third-order valence-corrected chi connectivity index (χ3v) is 9.62. The predicted octanol–water partition coefficient (Wildman–Crippen LogP) is 5.14. The van der Waals surface area contributed by atoms with Gasteiger partial charge in [-0.05, 0) is 30.8 Å². The molecule has 3 aliphatic heterocycles. The molecule has 0 spiro atoms. The number of anilines is 1. The lowest BCUT2D eigenvalue weighted by Gasteiger charge is -2.40. The van der Waals surface area contributed by atoms with Gasteiger partial charge in [0.15, 0.2) is 5.82 Å². The third kappa shape index (κ3) is 5.21. The van der Waals surface area contributed by atoms with Crippen molar-refractivity contribution in [3.63, 3.8) is 0 Å². The first kappa shape index (κ1) is 30.5. The molecule has 7 rings (SSSR count). The van der Waals surface area contributed by atoms with E-state index in [1.807, 2.05) is 6.07 Å². The Kier molecular flexibility index (Phi) is 7.73. The first-order valence-corrected chi connectivity index (χ1v) is 15.4. The van der Waals surface area contributed by atoms with Crippen LogP contribution in [0.1, 0.15) is 31.2 Å². The Morgan fingerprint density at radius 3 is 2.81 bits per heavy atom. The number of hydrogen-bond donors (Lipinski definition) is 1. The maximum Gasteiger partial charge on any atom is 0.407 e. The van der Waals surface area contributed by atoms with Gasteiger partial charge in [-0.3, -0.25) is 9.88 Å². The summed E-state index contributed by atoms with van der Waals surface area (Å²) in [5.74, 6) is 1.22. The summed E-state index contributed by atoms with van der Waals surface area (Å²) in [7, 11) is 0. The fraction of sp³-hybridized carbons (Fsp3) is 0.382. The summed E-state index contributed by atoms with van der Waals surface area (Å²) in [6.07, 6.45) is 6.90. The fourth-order valence-electron chi connectivity index (χ4n) is 7.43. The van der Waals surface area contributed by atoms with Crippen LogP contribution < -0.4 is 9.64 Å². The number of ether oxygens (including phenoxy) is 1. The summed E-state index contributed by atoms with van der Waals surface area (Å²) in [6, 6.07) is 9.14. The number of carboxylic acid groups (broad SMARTS) is 1. The van der Waals surface area contributed by atoms with Gasteiger partial charge in [0.25, 0.3) is 0 Å². The number of fused-ring (bicyclic) bond motifs is 3. The summed E-state index contributed by atoms with van der Waals surface area (Å²) in [6.45, 7) is 1.61. The van der Waals surface area contributed by atoms with Crippen LogP contribution in [0.25, 0.3) is 32.9 Å². The molecule has 0 unspecified atom stereocenters. The van der Waals surface area contributed by atoms with Crippen LogP contribution in [0.2, 0.25) is 0 Å². The number of terminal acetylenes is 1. The van der Waals surface area contributed by atoms with Crippen molar-refractivity contribution >= 4 is 33.6 Å². The number of carbonyl (C=O) groups is 1. The molecule has 4 aromatic rings. The van der Waals surface area contributed by atoms with Crippen LogP contribution in [-0.4, -0.2) is 93.0 Å². The summed E-state index contributed by atoms with van der Waals surface area (Å²) < 4.78 is 52.2. The van der Waals surface area contributed by atoms with E-state index < -0.39 is 35.5 Å². The molecule has 240 valence electrons. The second-order valence-corrected chi connectivity index (χ2v) is 12.3. The van der Waals surface area contributed by atoms with Crippen molar-refractivity contribution in [2.24, 2.45) is 0 Å². The number of benzene rings is 2. The molecule has 1 N–H and O–H groups in total. The molecule has 2 aromatic carbocycles. The number of rotatable bonds is 6. The first-order chi connectivity index (χ1) is 22.7. The summed E-state index contributed by atoms with van der Waals surface area (Å²) >= 11 is 0. The quantitative estimate of drug-likeness (QED) is 0.286. The Labute approximate surface area is 268 Å². The minimum Gasteiger partial charge on any atom is -0.465 e. The highest BCUT2D eigenvalue weighted by Crippen LogP contribution is 2.41. The van der Waals surface area contributed by atoms with Gasteiger partial charge in [-0.1, -0.05) is 30.2 Å². The monoisotopic (exact) mass is 641 g/mol. The molecule has 2 aromatic heterocycles. The largest absolute Gasteiger partial charge is 0.465 e. The van der Waals surface area contributed by atoms with Crippen molar-refractivity contribution in [2.75, 3.05) is 44.2 Å². The second-order valence-electron chi connectivity index (χ2n) is 12.3. The molecule has 0 aliphatic carbocycles. The van der Waals surface area contributed by atoms with E-state index in [1.54, 1.807) is 29.2 Å². The van der Waals surface area contributed by atoms with Crippen molar-refractivity contribution in [1.29, 1.82) is 5.26 Å². The highest BCUT2D eigenvalue weighted by atomic mass is 19.1. The molecule has 0 bridgehead atoms. The maximum atomic E-state index is 16.8. The van der Waals surface area contributed by atoms with E-state index in [2.05, 4.69) is 25.8 Å². The van der Waals surface area contributed by atoms with E-state index in [4.69, 9.17) is 11.2 Å². The number of pyridine rings is 1. The van der Waals surface area contributed by atoms with E-state index >= 15 is 4.39 Å². The molecule has 1 amide bonds. The first-order valence-electron chi connectivity index (χ1n) is 15.4. The van der Waals surface area contributed by atoms with E-state index in [0.717, 1.165) is 19.4 Å². The average Bonchev–Trinajstić information content (AvgIpc) is 3.59. The Morgan fingerprint density at radius 1 is 1.17 bits per heavy atom. The lowest BCUT2D eigenvalue weighted by Crippen LogP contribution is -2.55. The molecule has 3 fully saturated rings. The fourth-order valence-corrected chi connectivity index (χ4v) is 7.43. The third-order valence-electron chi connectivity index (χ3n) is 9.62. The molecule has 13 heteroatoms. The summed E-state index contributed by atoms with van der Waals surface area (Å²) in [4.78, 5) is 30.6. The Hall–Kier alpha value is -5.14. The van der Waals surface area contributed by atoms with Gasteiger partial charge < -0.3 is 19.6 Å². The lowest BCUT2D eigenvalue weighted by atomic mass is 9.95. The van der Waals surface area contributed by atoms with Gasteiger partial charge in [-0.15, -0.1) is 6.42 Å². The van der Waals surface area contributed by atoms with Crippen LogP contribution >= 0.6 is 0 Å². The van der Waals surface area contributed by atoms with Gasteiger partial charge in [-0.25, -0.2) is 18.0 Å². The number of aromatic nitrogens is 3. The molecule has 3 saturated heterocycles. The van der Waals surface area contributed by atoms with Gasteiger partial charge in [0.1, 0.15) is 35.6 Å². The van der Waals surface area contributed by atoms with Crippen molar-refractivity contribution in [3.8, 4) is 35.7 Å². The second kappa shape index (κ2) is 11.9. The SMILES string of the molecule is C#Cc1c(F)ccc2cccc(-c3ncc4c(N5CCN(C(=O)O)[C@@H](CC#N)C5)nc(OC[C@@]56CCCN5C[C@H](F)C6)nc4c3F)c12. The van der Waals surface area contributed by atoms with Gasteiger partial charge in [-0.2, -0.15) is 15.2 Å². The maximum absolute atomic E-state index is 16.8. The standard InChI is InChI=1S/C34H30F3N7O3/c1-2-23-26(36)8-7-20-5-3-6-24(27(20)23)29-28(37)30-25(16-39-29)31(42-13-14-44(33(45)46)22(18-42)9-11-38)41-32(40-30)47-19-34-10-4-12-43(34)17-21(35)15-34/h1,3,5-8,16,21-22H,4,9-10,12-15,17-19H2,(H,45,46)/t21-,22+,34+/m1/s1. The molecule has 3 atom stereocenters. The number of hydrogen-bond acceptors (Lipinski definition) is 8. The average molecular weight is 642 g/mol. The Balaban J connectivity index is 1.36. The van der Waals surface area contributed by atoms with Crippen molar-refractivity contribution in [3.05, 3.63) is 53.7 Å². The molecule has 3 aliphatic rings. The van der Waals surface area contributed by atoms with Crippen molar-refractivity contribution in [2.45, 2.75) is 43.4 Å². The summed E-state index contributed by atoms with van der Waals surface area (Å²) in [5.41, 5.74) is -0.464. The zero-order valence-corrected chi connectivity index (χ0v) is 25.3. The Morgan fingerprint density at radius 2 is 2.02 bits per heavy atom. The zero-order chi connectivity index (χ0) is 32.9. The number of alkyl halides is 1. The van der Waals surface area contributed by atoms with Crippen LogP contribution in [0.15, 0.2) is 36.5 Å². The number of nitriles is 1. The van der Waals surface area contributed by atoms with E-state index in [-0.39, 0.29) is 72.2 Å². The highest BCUT2D eigenvalue weighted by molar-refractivity contribution is 6.02. The van der Waals surface area contributed by atoms with E-state index in [1.165, 1.54) is 17.2 Å². The molecular formula is C34H30F3N7O3. The number of nitrogens with zero attached hydrogens (tertiary/aromatic N) is 7. The highest BCUT2D eigenvalue weighted by Gasteiger charge is 2.49. The number of halogens is 3. The minimum absolute atomic E-state index is 0.0188. The van der Waals surface area contributed by atoms with Crippen LogP contribution in [0.4, 0.5) is 23.8 Å². The number of amides is 1. The van der Waals surface area contributed by atoms with Crippen LogP contribution in [0.3, 0.4) is 0 Å². The molecule has 0 radical (unpaired) electrons. The summed E-state index contributed by atoms with van der Waals surface area (Å²) in [5, 5.41) is 20.3. The smallest absolute Gasteiger partial charge is 0.407 e. The normalized spacial score (nSPS) is 22.7. The van der Waals surface area contributed by atoms with E-state index in [0.29, 0.717) is 23.7 Å². The van der Waals surface area contributed by atoms with Crippen LogP contribution in [0.5, 0.6) is 6.01 Å². The van der Waals surface area contributed by atoms with Crippen LogP contribution in [-0.2, 0) is 0 Å². The number of piperazine rings is 1. The Bertz CT molecular complexity index is 2000. The van der Waals surface area contributed by atoms with Gasteiger partial charge >= 0.3 is 12.1 Å². The minimum atomic E-state index is -1.14. The lowest BCUT2D eigenvalue weighted by molar-refractivity contribution is 0.107. The van der Waals surface area contributed by atoms with Crippen molar-refractivity contribution < 1.29 is 27.8 Å². The van der Waals surface area contributed by atoms with Gasteiger partial charge in [0, 0.05) is 49.7 Å². The van der Waals surface area contributed by atoms with E-state index in [9.17, 15) is 23.9 Å². The molecule has 0 saturated carbocycles.